The summed E-state index contributed by atoms with van der Waals surface area (Å²) < 4.78 is 0. The van der Waals surface area contributed by atoms with Crippen molar-refractivity contribution in [1.29, 1.82) is 0 Å². The Balaban J connectivity index is 2.12. The van der Waals surface area contributed by atoms with Crippen LogP contribution in [-0.2, 0) is 0 Å². The van der Waals surface area contributed by atoms with E-state index < -0.39 is 5.97 Å². The fraction of sp³-hybridized carbons (Fsp3) is 0.429. The second-order valence-electron chi connectivity index (χ2n) is 5.23. The number of amides is 2. The number of halogens is 1. The number of aromatic carboxylic acids is 1. The first kappa shape index (κ1) is 15.6. The molecule has 1 saturated heterocycles. The van der Waals surface area contributed by atoms with Gasteiger partial charge in [0.15, 0.2) is 0 Å². The number of urea groups is 1. The number of benzene rings is 1. The van der Waals surface area contributed by atoms with Crippen LogP contribution in [0.1, 0.15) is 17.3 Å². The van der Waals surface area contributed by atoms with Gasteiger partial charge in [0.2, 0.25) is 0 Å². The normalized spacial score (nSPS) is 19.4. The highest BCUT2D eigenvalue weighted by atomic mass is 35.5. The molecule has 1 aromatic rings. The van der Waals surface area contributed by atoms with Crippen LogP contribution >= 0.6 is 11.6 Å². The predicted molar refractivity (Wildman–Crippen MR) is 81.1 cm³/mol. The van der Waals surface area contributed by atoms with Gasteiger partial charge in [-0.1, -0.05) is 11.6 Å². The standard InChI is InChI=1S/C14H18ClN3O3/c1-9-8-17(2)5-6-18(9)14(21)16-12-7-10(13(19)20)3-4-11(12)15/h3-4,7,9H,5-6,8H2,1-2H3,(H,16,21)(H,19,20). The molecule has 1 unspecified atom stereocenters. The molecule has 2 amide bonds. The fourth-order valence-electron chi connectivity index (χ4n) is 2.38. The van der Waals surface area contributed by atoms with Gasteiger partial charge in [0.1, 0.15) is 0 Å². The molecule has 0 radical (unpaired) electrons. The van der Waals surface area contributed by atoms with Gasteiger partial charge in [-0.05, 0) is 32.2 Å². The highest BCUT2D eigenvalue weighted by Gasteiger charge is 2.26. The van der Waals surface area contributed by atoms with E-state index in [0.717, 1.165) is 13.1 Å². The number of carboxylic acids is 1. The number of nitrogens with one attached hydrogen (secondary N) is 1. The predicted octanol–water partition coefficient (Wildman–Crippen LogP) is 2.21. The molecule has 0 aliphatic carbocycles. The van der Waals surface area contributed by atoms with Crippen molar-refractivity contribution >= 4 is 29.3 Å². The zero-order valence-electron chi connectivity index (χ0n) is 12.0. The molecule has 1 atom stereocenters. The molecule has 0 bridgehead atoms. The lowest BCUT2D eigenvalue weighted by Gasteiger charge is -2.38. The minimum Gasteiger partial charge on any atom is -0.478 e. The molecular weight excluding hydrogens is 294 g/mol. The van der Waals surface area contributed by atoms with Crippen molar-refractivity contribution in [3.8, 4) is 0 Å². The van der Waals surface area contributed by atoms with E-state index in [0.29, 0.717) is 17.3 Å². The van der Waals surface area contributed by atoms with E-state index in [1.807, 2.05) is 14.0 Å². The van der Waals surface area contributed by atoms with Crippen molar-refractivity contribution in [2.75, 3.05) is 32.0 Å². The third-order valence-electron chi connectivity index (χ3n) is 3.55. The van der Waals surface area contributed by atoms with Gasteiger partial charge in [0, 0.05) is 25.7 Å². The van der Waals surface area contributed by atoms with Crippen molar-refractivity contribution in [3.05, 3.63) is 28.8 Å². The Kier molecular flexibility index (Phi) is 4.69. The van der Waals surface area contributed by atoms with Crippen LogP contribution in [0.2, 0.25) is 5.02 Å². The minimum absolute atomic E-state index is 0.0844. The number of hydrogen-bond donors (Lipinski definition) is 2. The smallest absolute Gasteiger partial charge is 0.335 e. The number of likely N-dealkylation sites (N-methyl/N-ethyl adjacent to an activating group) is 1. The third-order valence-corrected chi connectivity index (χ3v) is 3.88. The summed E-state index contributed by atoms with van der Waals surface area (Å²) in [5, 5.41) is 12.0. The summed E-state index contributed by atoms with van der Waals surface area (Å²) in [6.45, 7) is 4.21. The van der Waals surface area contributed by atoms with Gasteiger partial charge >= 0.3 is 12.0 Å². The van der Waals surface area contributed by atoms with Crippen molar-refractivity contribution in [2.24, 2.45) is 0 Å². The van der Waals surface area contributed by atoms with Crippen molar-refractivity contribution in [1.82, 2.24) is 9.80 Å². The van der Waals surface area contributed by atoms with Crippen LogP contribution in [0.15, 0.2) is 18.2 Å². The summed E-state index contributed by atoms with van der Waals surface area (Å²) >= 11 is 6.01. The molecule has 7 heteroatoms. The maximum atomic E-state index is 12.3. The molecule has 1 aliphatic heterocycles. The van der Waals surface area contributed by atoms with Crippen molar-refractivity contribution < 1.29 is 14.7 Å². The van der Waals surface area contributed by atoms with E-state index in [2.05, 4.69) is 10.2 Å². The zero-order chi connectivity index (χ0) is 15.6. The molecule has 1 aliphatic rings. The number of nitrogens with zero attached hydrogens (tertiary/aromatic N) is 2. The van der Waals surface area contributed by atoms with Crippen LogP contribution in [-0.4, -0.2) is 59.6 Å². The topological polar surface area (TPSA) is 72.9 Å². The first-order chi connectivity index (χ1) is 9.88. The molecular formula is C14H18ClN3O3. The highest BCUT2D eigenvalue weighted by Crippen LogP contribution is 2.24. The Bertz CT molecular complexity index is 564. The van der Waals surface area contributed by atoms with E-state index in [4.69, 9.17) is 16.7 Å². The molecule has 2 rings (SSSR count). The van der Waals surface area contributed by atoms with Crippen LogP contribution < -0.4 is 5.32 Å². The largest absolute Gasteiger partial charge is 0.478 e. The number of carbonyl (C=O) groups is 2. The summed E-state index contributed by atoms with van der Waals surface area (Å²) in [6.07, 6.45) is 0. The lowest BCUT2D eigenvalue weighted by molar-refractivity contribution is 0.0697. The Morgan fingerprint density at radius 3 is 2.71 bits per heavy atom. The van der Waals surface area contributed by atoms with Gasteiger partial charge in [-0.15, -0.1) is 0 Å². The average molecular weight is 312 g/mol. The molecule has 0 saturated carbocycles. The van der Waals surface area contributed by atoms with Crippen LogP contribution in [0.4, 0.5) is 10.5 Å². The molecule has 21 heavy (non-hydrogen) atoms. The number of rotatable bonds is 2. The molecule has 6 nitrogen and oxygen atoms in total. The van der Waals surface area contributed by atoms with Crippen LogP contribution in [0.3, 0.4) is 0 Å². The van der Waals surface area contributed by atoms with Crippen molar-refractivity contribution in [3.63, 3.8) is 0 Å². The van der Waals surface area contributed by atoms with Gasteiger partial charge in [0.25, 0.3) is 0 Å². The van der Waals surface area contributed by atoms with Gasteiger partial charge in [-0.3, -0.25) is 0 Å². The van der Waals surface area contributed by atoms with Gasteiger partial charge in [0.05, 0.1) is 16.3 Å². The lowest BCUT2D eigenvalue weighted by Crippen LogP contribution is -2.53. The lowest BCUT2D eigenvalue weighted by atomic mass is 10.2. The monoisotopic (exact) mass is 311 g/mol. The third kappa shape index (κ3) is 3.65. The summed E-state index contributed by atoms with van der Waals surface area (Å²) in [4.78, 5) is 27.2. The molecule has 2 N–H and O–H groups in total. The summed E-state index contributed by atoms with van der Waals surface area (Å²) in [7, 11) is 2.01. The quantitative estimate of drug-likeness (QED) is 0.878. The Morgan fingerprint density at radius 1 is 1.38 bits per heavy atom. The first-order valence-corrected chi connectivity index (χ1v) is 7.05. The van der Waals surface area contributed by atoms with E-state index in [1.54, 1.807) is 4.90 Å². The minimum atomic E-state index is -1.06. The van der Waals surface area contributed by atoms with Crippen molar-refractivity contribution in [2.45, 2.75) is 13.0 Å². The van der Waals surface area contributed by atoms with Crippen LogP contribution in [0.5, 0.6) is 0 Å². The molecule has 1 heterocycles. The van der Waals surface area contributed by atoms with E-state index in [9.17, 15) is 9.59 Å². The molecule has 0 spiro atoms. The average Bonchev–Trinajstić information content (AvgIpc) is 2.40. The second kappa shape index (κ2) is 6.32. The number of piperazine rings is 1. The maximum absolute atomic E-state index is 12.3. The molecule has 0 aromatic heterocycles. The second-order valence-corrected chi connectivity index (χ2v) is 5.64. The molecule has 114 valence electrons. The van der Waals surface area contributed by atoms with E-state index in [-0.39, 0.29) is 17.6 Å². The summed E-state index contributed by atoms with van der Waals surface area (Å²) in [6, 6.07) is 4.06. The number of carboxylic acid groups (broad SMARTS) is 1. The molecule has 1 fully saturated rings. The van der Waals surface area contributed by atoms with Crippen LogP contribution in [0.25, 0.3) is 0 Å². The van der Waals surface area contributed by atoms with Crippen LogP contribution in [0, 0.1) is 0 Å². The molecule has 1 aromatic carbocycles. The maximum Gasteiger partial charge on any atom is 0.335 e. The van der Waals surface area contributed by atoms with Gasteiger partial charge in [-0.2, -0.15) is 0 Å². The highest BCUT2D eigenvalue weighted by molar-refractivity contribution is 6.33. The Morgan fingerprint density at radius 2 is 2.10 bits per heavy atom. The Hall–Kier alpha value is -1.79. The summed E-state index contributed by atoms with van der Waals surface area (Å²) in [5.74, 6) is -1.06. The first-order valence-electron chi connectivity index (χ1n) is 6.67. The number of anilines is 1. The SMILES string of the molecule is CC1CN(C)CCN1C(=O)Nc1cc(C(=O)O)ccc1Cl. The Labute approximate surface area is 128 Å². The van der Waals surface area contributed by atoms with E-state index in [1.165, 1.54) is 18.2 Å². The van der Waals surface area contributed by atoms with E-state index >= 15 is 0 Å². The fourth-order valence-corrected chi connectivity index (χ4v) is 2.55. The zero-order valence-corrected chi connectivity index (χ0v) is 12.7. The number of carbonyl (C=O) groups excluding carboxylic acids is 1. The van der Waals surface area contributed by atoms with Gasteiger partial charge in [-0.25, -0.2) is 9.59 Å². The van der Waals surface area contributed by atoms with Gasteiger partial charge < -0.3 is 20.2 Å². The number of hydrogen-bond acceptors (Lipinski definition) is 3. The summed E-state index contributed by atoms with van der Waals surface area (Å²) in [5.41, 5.74) is 0.397.